The Morgan fingerprint density at radius 2 is 1.92 bits per heavy atom. The van der Waals surface area contributed by atoms with E-state index in [2.05, 4.69) is 17.0 Å². The third-order valence-electron chi connectivity index (χ3n) is 5.73. The molecule has 0 aromatic heterocycles. The summed E-state index contributed by atoms with van der Waals surface area (Å²) in [5.41, 5.74) is 1.56. The standard InChI is InChI=1S/C21H31NO2/c1-17(2)20(23)22-16-21(11-7-4-8-12-21)13-19(22)15-24-14-18-9-5-3-6-10-18/h3,5-6,9-10,17,19H,4,7-8,11-16H2,1-2H3. The second kappa shape index (κ2) is 7.69. The monoisotopic (exact) mass is 329 g/mol. The van der Waals surface area contributed by atoms with Gasteiger partial charge in [0.15, 0.2) is 0 Å². The summed E-state index contributed by atoms with van der Waals surface area (Å²) in [6.45, 7) is 6.26. The van der Waals surface area contributed by atoms with E-state index in [-0.39, 0.29) is 12.0 Å². The summed E-state index contributed by atoms with van der Waals surface area (Å²) in [5, 5.41) is 0. The summed E-state index contributed by atoms with van der Waals surface area (Å²) in [6, 6.07) is 10.5. The number of carbonyl (C=O) groups excluding carboxylic acids is 1. The average molecular weight is 329 g/mol. The number of ether oxygens (including phenoxy) is 1. The number of hydrogen-bond acceptors (Lipinski definition) is 2. The van der Waals surface area contributed by atoms with Gasteiger partial charge in [-0.3, -0.25) is 4.79 Å². The summed E-state index contributed by atoms with van der Waals surface area (Å²) >= 11 is 0. The van der Waals surface area contributed by atoms with Crippen molar-refractivity contribution in [2.24, 2.45) is 11.3 Å². The van der Waals surface area contributed by atoms with Crippen molar-refractivity contribution < 1.29 is 9.53 Å². The first-order valence-corrected chi connectivity index (χ1v) is 9.52. The van der Waals surface area contributed by atoms with E-state index in [1.165, 1.54) is 37.7 Å². The number of nitrogens with zero attached hydrogens (tertiary/aromatic N) is 1. The first-order valence-electron chi connectivity index (χ1n) is 9.52. The maximum Gasteiger partial charge on any atom is 0.225 e. The van der Waals surface area contributed by atoms with Gasteiger partial charge in [0.1, 0.15) is 0 Å². The van der Waals surface area contributed by atoms with Gasteiger partial charge in [-0.15, -0.1) is 0 Å². The predicted molar refractivity (Wildman–Crippen MR) is 96.6 cm³/mol. The molecule has 1 aliphatic heterocycles. The van der Waals surface area contributed by atoms with Gasteiger partial charge in [0, 0.05) is 12.5 Å². The van der Waals surface area contributed by atoms with Crippen molar-refractivity contribution >= 4 is 5.91 Å². The topological polar surface area (TPSA) is 29.5 Å². The van der Waals surface area contributed by atoms with Gasteiger partial charge in [-0.25, -0.2) is 0 Å². The highest BCUT2D eigenvalue weighted by molar-refractivity contribution is 5.78. The summed E-state index contributed by atoms with van der Waals surface area (Å²) in [5.74, 6) is 0.367. The van der Waals surface area contributed by atoms with Crippen LogP contribution in [0.4, 0.5) is 0 Å². The fourth-order valence-electron chi connectivity index (χ4n) is 4.45. The van der Waals surface area contributed by atoms with Crippen molar-refractivity contribution in [3.8, 4) is 0 Å². The Balaban J connectivity index is 1.62. The number of amides is 1. The molecule has 1 aromatic carbocycles. The van der Waals surface area contributed by atoms with E-state index in [1.807, 2.05) is 32.0 Å². The van der Waals surface area contributed by atoms with E-state index in [9.17, 15) is 4.79 Å². The van der Waals surface area contributed by atoms with Crippen molar-refractivity contribution in [1.82, 2.24) is 4.90 Å². The van der Waals surface area contributed by atoms with Gasteiger partial charge in [-0.1, -0.05) is 63.4 Å². The van der Waals surface area contributed by atoms with E-state index in [4.69, 9.17) is 4.74 Å². The summed E-state index contributed by atoms with van der Waals surface area (Å²) in [6.07, 6.45) is 7.69. The van der Waals surface area contributed by atoms with Crippen molar-refractivity contribution in [2.45, 2.75) is 65.0 Å². The first kappa shape index (κ1) is 17.5. The fraction of sp³-hybridized carbons (Fsp3) is 0.667. The Labute approximate surface area is 146 Å². The third-order valence-corrected chi connectivity index (χ3v) is 5.73. The van der Waals surface area contributed by atoms with E-state index in [0.717, 1.165) is 13.0 Å². The molecular weight excluding hydrogens is 298 g/mol. The number of carbonyl (C=O) groups is 1. The van der Waals surface area contributed by atoms with E-state index in [1.54, 1.807) is 0 Å². The van der Waals surface area contributed by atoms with Gasteiger partial charge in [-0.2, -0.15) is 0 Å². The number of benzene rings is 1. The molecule has 1 saturated heterocycles. The molecule has 0 bridgehead atoms. The number of likely N-dealkylation sites (tertiary alicyclic amines) is 1. The van der Waals surface area contributed by atoms with Gasteiger partial charge < -0.3 is 9.64 Å². The Morgan fingerprint density at radius 1 is 1.21 bits per heavy atom. The summed E-state index contributed by atoms with van der Waals surface area (Å²) < 4.78 is 6.00. The van der Waals surface area contributed by atoms with Crippen LogP contribution in [0.2, 0.25) is 0 Å². The predicted octanol–water partition coefficient (Wildman–Crippen LogP) is 4.41. The molecule has 1 atom stereocenters. The van der Waals surface area contributed by atoms with Crippen LogP contribution in [0.15, 0.2) is 30.3 Å². The molecule has 1 aliphatic carbocycles. The fourth-order valence-corrected chi connectivity index (χ4v) is 4.45. The molecule has 132 valence electrons. The van der Waals surface area contributed by atoms with Crippen LogP contribution in [0.25, 0.3) is 0 Å². The summed E-state index contributed by atoms with van der Waals surface area (Å²) in [4.78, 5) is 14.8. The molecule has 2 fully saturated rings. The lowest BCUT2D eigenvalue weighted by atomic mass is 9.73. The lowest BCUT2D eigenvalue weighted by Crippen LogP contribution is -2.41. The zero-order chi connectivity index (χ0) is 17.0. The van der Waals surface area contributed by atoms with E-state index in [0.29, 0.717) is 24.5 Å². The average Bonchev–Trinajstić information content (AvgIpc) is 2.93. The zero-order valence-corrected chi connectivity index (χ0v) is 15.2. The van der Waals surface area contributed by atoms with Crippen LogP contribution in [-0.2, 0) is 16.1 Å². The largest absolute Gasteiger partial charge is 0.375 e. The molecule has 3 rings (SSSR count). The molecule has 24 heavy (non-hydrogen) atoms. The molecule has 3 heteroatoms. The Hall–Kier alpha value is -1.35. The van der Waals surface area contributed by atoms with Crippen LogP contribution in [0.3, 0.4) is 0 Å². The molecule has 1 saturated carbocycles. The Bertz CT molecular complexity index is 534. The Kier molecular flexibility index (Phi) is 5.60. The van der Waals surface area contributed by atoms with Crippen molar-refractivity contribution in [2.75, 3.05) is 13.2 Å². The van der Waals surface area contributed by atoms with E-state index < -0.39 is 0 Å². The second-order valence-electron chi connectivity index (χ2n) is 8.04. The molecule has 2 aliphatic rings. The van der Waals surface area contributed by atoms with Crippen molar-refractivity contribution in [1.29, 1.82) is 0 Å². The van der Waals surface area contributed by atoms with Crippen LogP contribution in [0.1, 0.15) is 57.9 Å². The van der Waals surface area contributed by atoms with Gasteiger partial charge in [-0.05, 0) is 30.2 Å². The smallest absolute Gasteiger partial charge is 0.225 e. The highest BCUT2D eigenvalue weighted by atomic mass is 16.5. The maximum absolute atomic E-state index is 12.7. The molecule has 0 radical (unpaired) electrons. The van der Waals surface area contributed by atoms with Gasteiger partial charge in [0.2, 0.25) is 5.91 Å². The first-order chi connectivity index (χ1) is 11.6. The normalized spacial score (nSPS) is 23.1. The minimum Gasteiger partial charge on any atom is -0.375 e. The SMILES string of the molecule is CC(C)C(=O)N1CC2(CCCCC2)CC1COCc1ccccc1. The zero-order valence-electron chi connectivity index (χ0n) is 15.2. The van der Waals surface area contributed by atoms with Crippen LogP contribution < -0.4 is 0 Å². The highest BCUT2D eigenvalue weighted by Gasteiger charge is 2.46. The Morgan fingerprint density at radius 3 is 2.58 bits per heavy atom. The molecule has 1 aromatic rings. The molecular formula is C21H31NO2. The van der Waals surface area contributed by atoms with Gasteiger partial charge in [0.25, 0.3) is 0 Å². The van der Waals surface area contributed by atoms with Crippen molar-refractivity contribution in [3.05, 3.63) is 35.9 Å². The second-order valence-corrected chi connectivity index (χ2v) is 8.04. The lowest BCUT2D eigenvalue weighted by Gasteiger charge is -2.33. The van der Waals surface area contributed by atoms with Crippen LogP contribution in [0, 0.1) is 11.3 Å². The van der Waals surface area contributed by atoms with Gasteiger partial charge in [0.05, 0.1) is 19.3 Å². The molecule has 1 unspecified atom stereocenters. The van der Waals surface area contributed by atoms with Crippen LogP contribution in [0.5, 0.6) is 0 Å². The number of rotatable bonds is 5. The highest BCUT2D eigenvalue weighted by Crippen LogP contribution is 2.46. The maximum atomic E-state index is 12.7. The molecule has 1 amide bonds. The minimum absolute atomic E-state index is 0.0698. The van der Waals surface area contributed by atoms with Crippen LogP contribution >= 0.6 is 0 Å². The molecule has 0 N–H and O–H groups in total. The van der Waals surface area contributed by atoms with Crippen LogP contribution in [-0.4, -0.2) is 30.0 Å². The third kappa shape index (κ3) is 4.00. The molecule has 1 spiro atoms. The van der Waals surface area contributed by atoms with Crippen molar-refractivity contribution in [3.63, 3.8) is 0 Å². The lowest BCUT2D eigenvalue weighted by molar-refractivity contribution is -0.136. The van der Waals surface area contributed by atoms with E-state index >= 15 is 0 Å². The quantitative estimate of drug-likeness (QED) is 0.801. The minimum atomic E-state index is 0.0698. The summed E-state index contributed by atoms with van der Waals surface area (Å²) in [7, 11) is 0. The number of hydrogen-bond donors (Lipinski definition) is 0. The molecule has 3 nitrogen and oxygen atoms in total. The van der Waals surface area contributed by atoms with Gasteiger partial charge >= 0.3 is 0 Å². The molecule has 1 heterocycles.